The molecule has 0 aliphatic rings. The number of aromatic hydroxyl groups is 1. The van der Waals surface area contributed by atoms with Crippen molar-refractivity contribution in [1.82, 2.24) is 0 Å². The fraction of sp³-hybridized carbons (Fsp3) is 0.351. The van der Waals surface area contributed by atoms with Crippen molar-refractivity contribution >= 4 is 0 Å². The Kier molecular flexibility index (Phi) is 26.5. The van der Waals surface area contributed by atoms with Gasteiger partial charge in [-0.15, -0.1) is 0 Å². The first kappa shape index (κ1) is 37.6. The van der Waals surface area contributed by atoms with Gasteiger partial charge in [0, 0.05) is 0 Å². The maximum absolute atomic E-state index is 8.63. The van der Waals surface area contributed by atoms with E-state index in [4.69, 9.17) is 9.84 Å². The molecule has 0 saturated carbocycles. The highest BCUT2D eigenvalue weighted by atomic mass is 16.5. The van der Waals surface area contributed by atoms with Crippen molar-refractivity contribution in [2.24, 2.45) is 0 Å². The lowest BCUT2D eigenvalue weighted by atomic mass is 10.1. The molecular weight excluding hydrogens is 476 g/mol. The predicted molar refractivity (Wildman–Crippen MR) is 174 cm³/mol. The van der Waals surface area contributed by atoms with E-state index in [0.717, 1.165) is 31.4 Å². The van der Waals surface area contributed by atoms with Gasteiger partial charge in [-0.1, -0.05) is 140 Å². The van der Waals surface area contributed by atoms with Crippen LogP contribution in [0.15, 0.2) is 109 Å². The van der Waals surface area contributed by atoms with Crippen LogP contribution < -0.4 is 4.74 Å². The lowest BCUT2D eigenvalue weighted by Gasteiger charge is -1.97. The molecule has 0 radical (unpaired) electrons. The van der Waals surface area contributed by atoms with E-state index in [2.05, 4.69) is 76.2 Å². The number of para-hydroxylation sites is 2. The molecule has 0 fully saturated rings. The van der Waals surface area contributed by atoms with Gasteiger partial charge >= 0.3 is 0 Å². The summed E-state index contributed by atoms with van der Waals surface area (Å²) in [5.74, 6) is 1.23. The molecule has 4 aromatic carbocycles. The maximum Gasteiger partial charge on any atom is 0.118 e. The molecule has 0 unspecified atom stereocenters. The van der Waals surface area contributed by atoms with E-state index in [1.165, 1.54) is 22.3 Å². The van der Waals surface area contributed by atoms with E-state index in [1.807, 2.05) is 64.1 Å². The Morgan fingerprint density at radius 3 is 0.846 bits per heavy atom. The monoisotopic (exact) mass is 530 g/mol. The Morgan fingerprint density at radius 2 is 0.692 bits per heavy atom. The summed E-state index contributed by atoms with van der Waals surface area (Å²) in [6.07, 6.45) is 4.57. The van der Waals surface area contributed by atoms with Crippen molar-refractivity contribution in [2.75, 3.05) is 7.11 Å². The predicted octanol–water partition coefficient (Wildman–Crippen LogP) is 10.8. The van der Waals surface area contributed by atoms with Crippen LogP contribution in [0, 0.1) is 0 Å². The number of phenols is 1. The third kappa shape index (κ3) is 20.2. The van der Waals surface area contributed by atoms with Crippen LogP contribution in [0.25, 0.3) is 0 Å². The average Bonchev–Trinajstić information content (AvgIpc) is 3.04. The van der Waals surface area contributed by atoms with E-state index in [9.17, 15) is 0 Å². The van der Waals surface area contributed by atoms with Gasteiger partial charge in [-0.05, 0) is 72.2 Å². The molecule has 0 aliphatic heterocycles. The van der Waals surface area contributed by atoms with Gasteiger partial charge in [-0.25, -0.2) is 0 Å². The van der Waals surface area contributed by atoms with Crippen molar-refractivity contribution in [1.29, 1.82) is 0 Å². The lowest BCUT2D eigenvalue weighted by molar-refractivity contribution is 0.415. The molecule has 0 aromatic heterocycles. The molecule has 2 nitrogen and oxygen atoms in total. The van der Waals surface area contributed by atoms with E-state index in [1.54, 1.807) is 31.4 Å². The molecule has 2 heteroatoms. The summed E-state index contributed by atoms with van der Waals surface area (Å²) in [5, 5.41) is 8.63. The van der Waals surface area contributed by atoms with Crippen LogP contribution in [0.5, 0.6) is 11.5 Å². The highest BCUT2D eigenvalue weighted by Gasteiger charge is 1.89. The summed E-state index contributed by atoms with van der Waals surface area (Å²) in [6.45, 7) is 16.7. The second-order valence-corrected chi connectivity index (χ2v) is 7.90. The molecule has 39 heavy (non-hydrogen) atoms. The molecule has 4 rings (SSSR count). The Hall–Kier alpha value is -3.52. The molecular formula is C37H54O2. The van der Waals surface area contributed by atoms with Crippen LogP contribution in [-0.2, 0) is 25.7 Å². The molecule has 4 aromatic rings. The van der Waals surface area contributed by atoms with Gasteiger partial charge in [0.2, 0.25) is 0 Å². The summed E-state index contributed by atoms with van der Waals surface area (Å²) in [4.78, 5) is 0. The van der Waals surface area contributed by atoms with Gasteiger partial charge < -0.3 is 9.84 Å². The van der Waals surface area contributed by atoms with Gasteiger partial charge in [0.1, 0.15) is 11.5 Å². The van der Waals surface area contributed by atoms with Crippen molar-refractivity contribution in [3.05, 3.63) is 131 Å². The van der Waals surface area contributed by atoms with Crippen LogP contribution in [-0.4, -0.2) is 12.2 Å². The fourth-order valence-corrected chi connectivity index (χ4v) is 3.01. The Morgan fingerprint density at radius 1 is 0.436 bits per heavy atom. The summed E-state index contributed by atoms with van der Waals surface area (Å²) < 4.78 is 4.91. The Bertz CT molecular complexity index is 899. The fourth-order valence-electron chi connectivity index (χ4n) is 3.01. The number of phenolic OH excluding ortho intramolecular Hbond substituents is 1. The van der Waals surface area contributed by atoms with E-state index >= 15 is 0 Å². The van der Waals surface area contributed by atoms with Crippen LogP contribution in [0.4, 0.5) is 0 Å². The molecule has 0 spiro atoms. The summed E-state index contributed by atoms with van der Waals surface area (Å²) >= 11 is 0. The van der Waals surface area contributed by atoms with Crippen molar-refractivity contribution in [3.8, 4) is 11.5 Å². The Balaban J connectivity index is 0. The summed E-state index contributed by atoms with van der Waals surface area (Å²) in [7, 11) is 1.66. The second kappa shape index (κ2) is 27.5. The number of methoxy groups -OCH3 is 1. The zero-order valence-corrected chi connectivity index (χ0v) is 26.1. The standard InChI is InChI=1S/2C10H14.C7H8O.C6H6O.2C2H6/c2*1-3-9-5-7-10(4-2)8-6-9;1-8-7-5-3-2-4-6-7;7-6-4-2-1-3-5-6;2*1-2/h2*5-8H,3-4H2,1-2H3;2-6H,1H3;1-5,7H;2*1-2H3. The molecule has 1 N–H and O–H groups in total. The normalized spacial score (nSPS) is 8.64. The van der Waals surface area contributed by atoms with E-state index in [0.29, 0.717) is 5.75 Å². The van der Waals surface area contributed by atoms with Crippen molar-refractivity contribution in [3.63, 3.8) is 0 Å². The van der Waals surface area contributed by atoms with Crippen LogP contribution in [0.1, 0.15) is 77.6 Å². The quantitative estimate of drug-likeness (QED) is 0.278. The first-order valence-electron chi connectivity index (χ1n) is 14.5. The minimum Gasteiger partial charge on any atom is -0.508 e. The summed E-state index contributed by atoms with van der Waals surface area (Å²) in [6, 6.07) is 36.1. The van der Waals surface area contributed by atoms with Gasteiger partial charge in [0.15, 0.2) is 0 Å². The van der Waals surface area contributed by atoms with Crippen molar-refractivity contribution in [2.45, 2.75) is 81.1 Å². The molecule has 214 valence electrons. The highest BCUT2D eigenvalue weighted by Crippen LogP contribution is 2.06. The minimum atomic E-state index is 0.322. The SMILES string of the molecule is CC.CC.CCc1ccc(CC)cc1.CCc1ccc(CC)cc1.COc1ccccc1.Oc1ccccc1. The van der Waals surface area contributed by atoms with E-state index in [-0.39, 0.29) is 0 Å². The number of rotatable bonds is 5. The zero-order chi connectivity index (χ0) is 29.7. The molecule has 0 heterocycles. The van der Waals surface area contributed by atoms with Gasteiger partial charge in [-0.3, -0.25) is 0 Å². The van der Waals surface area contributed by atoms with Gasteiger partial charge in [-0.2, -0.15) is 0 Å². The second-order valence-electron chi connectivity index (χ2n) is 7.90. The third-order valence-corrected chi connectivity index (χ3v) is 5.41. The molecule has 0 bridgehead atoms. The van der Waals surface area contributed by atoms with E-state index < -0.39 is 0 Å². The summed E-state index contributed by atoms with van der Waals surface area (Å²) in [5.41, 5.74) is 5.71. The highest BCUT2D eigenvalue weighted by molar-refractivity contribution is 5.23. The number of ether oxygens (including phenoxy) is 1. The third-order valence-electron chi connectivity index (χ3n) is 5.41. The molecule has 0 saturated heterocycles. The lowest BCUT2D eigenvalue weighted by Crippen LogP contribution is -1.81. The Labute approximate surface area is 240 Å². The van der Waals surface area contributed by atoms with Crippen LogP contribution >= 0.6 is 0 Å². The average molecular weight is 531 g/mol. The van der Waals surface area contributed by atoms with Gasteiger partial charge in [0.05, 0.1) is 7.11 Å². The molecule has 0 amide bonds. The number of hydrogen-bond donors (Lipinski definition) is 1. The maximum atomic E-state index is 8.63. The molecule has 0 aliphatic carbocycles. The number of benzene rings is 4. The largest absolute Gasteiger partial charge is 0.508 e. The van der Waals surface area contributed by atoms with Crippen molar-refractivity contribution < 1.29 is 9.84 Å². The number of aryl methyl sites for hydroxylation is 4. The topological polar surface area (TPSA) is 29.5 Å². The first-order valence-corrected chi connectivity index (χ1v) is 14.5. The first-order chi connectivity index (χ1) is 19.1. The van der Waals surface area contributed by atoms with Crippen LogP contribution in [0.2, 0.25) is 0 Å². The molecule has 0 atom stereocenters. The van der Waals surface area contributed by atoms with Gasteiger partial charge in [0.25, 0.3) is 0 Å². The minimum absolute atomic E-state index is 0.322. The number of hydrogen-bond acceptors (Lipinski definition) is 2. The van der Waals surface area contributed by atoms with Crippen LogP contribution in [0.3, 0.4) is 0 Å². The zero-order valence-electron chi connectivity index (χ0n) is 26.1. The smallest absolute Gasteiger partial charge is 0.118 e.